The summed E-state index contributed by atoms with van der Waals surface area (Å²) < 4.78 is 5.97. The van der Waals surface area contributed by atoms with E-state index in [0.29, 0.717) is 36.0 Å². The summed E-state index contributed by atoms with van der Waals surface area (Å²) in [6.07, 6.45) is 9.47. The second-order valence-corrected chi connectivity index (χ2v) is 8.89. The van der Waals surface area contributed by atoms with E-state index in [-0.39, 0.29) is 5.91 Å². The fourth-order valence-electron chi connectivity index (χ4n) is 5.70. The van der Waals surface area contributed by atoms with E-state index in [9.17, 15) is 4.79 Å². The number of hydrogen-bond donors (Lipinski definition) is 2. The van der Waals surface area contributed by atoms with E-state index in [1.54, 1.807) is 6.20 Å². The third kappa shape index (κ3) is 2.83. The first-order valence-corrected chi connectivity index (χ1v) is 10.9. The normalized spacial score (nSPS) is 23.0. The third-order valence-corrected chi connectivity index (χ3v) is 7.32. The van der Waals surface area contributed by atoms with Crippen molar-refractivity contribution in [1.82, 2.24) is 15.3 Å². The van der Waals surface area contributed by atoms with E-state index in [2.05, 4.69) is 33.5 Å². The van der Waals surface area contributed by atoms with Crippen molar-refractivity contribution in [2.24, 2.45) is 17.3 Å². The number of imidazole rings is 1. The molecule has 1 aromatic heterocycles. The Labute approximate surface area is 175 Å². The van der Waals surface area contributed by atoms with Crippen molar-refractivity contribution < 1.29 is 9.53 Å². The Bertz CT molecular complexity index is 1150. The van der Waals surface area contributed by atoms with Crippen LogP contribution in [0.1, 0.15) is 42.0 Å². The number of aromatic amines is 1. The number of hydrogen-bond acceptors (Lipinski definition) is 3. The molecule has 6 rings (SSSR count). The van der Waals surface area contributed by atoms with E-state index in [1.807, 2.05) is 30.3 Å². The second-order valence-electron chi connectivity index (χ2n) is 8.89. The summed E-state index contributed by atoms with van der Waals surface area (Å²) in [6, 6.07) is 14.1. The summed E-state index contributed by atoms with van der Waals surface area (Å²) in [4.78, 5) is 20.1. The average Bonchev–Trinajstić information content (AvgIpc) is 3.19. The highest BCUT2D eigenvalue weighted by atomic mass is 16.5. The molecule has 2 fully saturated rings. The molecule has 3 aliphatic rings. The van der Waals surface area contributed by atoms with Crippen LogP contribution in [0.2, 0.25) is 0 Å². The highest BCUT2D eigenvalue weighted by Gasteiger charge is 2.61. The average molecular weight is 399 g/mol. The number of fused-ring (bicyclic) bond motifs is 1. The molecule has 2 atom stereocenters. The van der Waals surface area contributed by atoms with Crippen molar-refractivity contribution in [3.8, 4) is 5.75 Å². The van der Waals surface area contributed by atoms with Crippen molar-refractivity contribution >= 4 is 16.7 Å². The van der Waals surface area contributed by atoms with Gasteiger partial charge in [0.15, 0.2) is 0 Å². The zero-order chi connectivity index (χ0) is 20.1. The molecular weight excluding hydrogens is 374 g/mol. The molecule has 0 aliphatic heterocycles. The minimum absolute atomic E-state index is 0.129. The lowest BCUT2D eigenvalue weighted by molar-refractivity contribution is 0.0951. The van der Waals surface area contributed by atoms with Crippen LogP contribution >= 0.6 is 0 Å². The Morgan fingerprint density at radius 3 is 2.90 bits per heavy atom. The van der Waals surface area contributed by atoms with Gasteiger partial charge in [-0.15, -0.1) is 0 Å². The lowest BCUT2D eigenvalue weighted by Crippen LogP contribution is -2.28. The van der Waals surface area contributed by atoms with Gasteiger partial charge < -0.3 is 15.0 Å². The van der Waals surface area contributed by atoms with Crippen LogP contribution in [0.25, 0.3) is 10.8 Å². The maximum absolute atomic E-state index is 12.6. The number of carbonyl (C=O) groups excluding carboxylic acids is 1. The van der Waals surface area contributed by atoms with Gasteiger partial charge in [-0.05, 0) is 54.4 Å². The van der Waals surface area contributed by atoms with Gasteiger partial charge in [-0.2, -0.15) is 0 Å². The predicted octanol–water partition coefficient (Wildman–Crippen LogP) is 4.62. The summed E-state index contributed by atoms with van der Waals surface area (Å²) in [5, 5.41) is 5.28. The number of nitrogens with zero attached hydrogens (tertiary/aromatic N) is 1. The topological polar surface area (TPSA) is 67.0 Å². The van der Waals surface area contributed by atoms with Gasteiger partial charge >= 0.3 is 0 Å². The molecule has 0 radical (unpaired) electrons. The minimum atomic E-state index is -0.129. The van der Waals surface area contributed by atoms with Crippen LogP contribution in [0, 0.1) is 17.3 Å². The number of allylic oxidation sites excluding steroid dienone is 1. The standard InChI is InChI=1S/C25H25N3O2/c29-24(27-13-17-12-18-8-9-20(17)25(18)10-11-25)21-14-26-23(28-21)15-30-22-7-3-5-16-4-1-2-6-19(16)22/h1-7,12,14,18,20H,8-11,13,15H2,(H,26,28)(H,27,29). The van der Waals surface area contributed by atoms with E-state index >= 15 is 0 Å². The monoisotopic (exact) mass is 399 g/mol. The smallest absolute Gasteiger partial charge is 0.271 e. The fourth-order valence-corrected chi connectivity index (χ4v) is 5.70. The Hall–Kier alpha value is -3.08. The lowest BCUT2D eigenvalue weighted by Gasteiger charge is -2.17. The summed E-state index contributed by atoms with van der Waals surface area (Å²) in [5.74, 6) is 2.79. The van der Waals surface area contributed by atoms with E-state index in [4.69, 9.17) is 4.74 Å². The molecule has 3 aromatic rings. The molecule has 2 N–H and O–H groups in total. The van der Waals surface area contributed by atoms with Crippen LogP contribution in [-0.4, -0.2) is 22.4 Å². The maximum atomic E-state index is 12.6. The number of aromatic nitrogens is 2. The number of rotatable bonds is 6. The van der Waals surface area contributed by atoms with Crippen LogP contribution in [0.3, 0.4) is 0 Å². The largest absolute Gasteiger partial charge is 0.485 e. The molecular formula is C25H25N3O2. The zero-order valence-corrected chi connectivity index (χ0v) is 16.9. The Morgan fingerprint density at radius 1 is 1.17 bits per heavy atom. The van der Waals surface area contributed by atoms with Crippen molar-refractivity contribution in [3.05, 3.63) is 71.8 Å². The SMILES string of the molecule is O=C(NCC1=CC2CCC1C21CC1)c1c[nH]c(COc2cccc3ccccc23)n1. The molecule has 1 heterocycles. The predicted molar refractivity (Wildman–Crippen MR) is 115 cm³/mol. The van der Waals surface area contributed by atoms with E-state index in [1.165, 1.54) is 31.3 Å². The van der Waals surface area contributed by atoms with Crippen LogP contribution < -0.4 is 10.1 Å². The molecule has 5 nitrogen and oxygen atoms in total. The lowest BCUT2D eigenvalue weighted by atomic mass is 9.90. The molecule has 3 aliphatic carbocycles. The number of H-pyrrole nitrogens is 1. The van der Waals surface area contributed by atoms with Crippen LogP contribution in [0.15, 0.2) is 60.3 Å². The first kappa shape index (κ1) is 17.8. The molecule has 152 valence electrons. The molecule has 2 saturated carbocycles. The molecule has 2 aromatic carbocycles. The highest BCUT2D eigenvalue weighted by Crippen LogP contribution is 2.70. The quantitative estimate of drug-likeness (QED) is 0.595. The van der Waals surface area contributed by atoms with Crippen LogP contribution in [0.5, 0.6) is 5.75 Å². The number of ether oxygens (including phenoxy) is 1. The number of benzene rings is 2. The third-order valence-electron chi connectivity index (χ3n) is 7.32. The van der Waals surface area contributed by atoms with Gasteiger partial charge in [-0.1, -0.05) is 48.0 Å². The molecule has 5 heteroatoms. The van der Waals surface area contributed by atoms with Crippen molar-refractivity contribution in [2.45, 2.75) is 32.3 Å². The number of amides is 1. The molecule has 0 saturated heterocycles. The van der Waals surface area contributed by atoms with Gasteiger partial charge in [0.05, 0.1) is 0 Å². The number of carbonyl (C=O) groups is 1. The Balaban J connectivity index is 1.08. The maximum Gasteiger partial charge on any atom is 0.271 e. The van der Waals surface area contributed by atoms with Gasteiger partial charge in [0, 0.05) is 18.1 Å². The first-order chi connectivity index (χ1) is 14.7. The van der Waals surface area contributed by atoms with Gasteiger partial charge in [-0.3, -0.25) is 4.79 Å². The Kier molecular flexibility index (Phi) is 3.98. The molecule has 30 heavy (non-hydrogen) atoms. The van der Waals surface area contributed by atoms with Crippen molar-refractivity contribution in [2.75, 3.05) is 6.54 Å². The molecule has 2 bridgehead atoms. The van der Waals surface area contributed by atoms with E-state index < -0.39 is 0 Å². The molecule has 1 spiro atoms. The van der Waals surface area contributed by atoms with Crippen LogP contribution in [0.4, 0.5) is 0 Å². The summed E-state index contributed by atoms with van der Waals surface area (Å²) in [7, 11) is 0. The zero-order valence-electron chi connectivity index (χ0n) is 16.9. The van der Waals surface area contributed by atoms with Gasteiger partial charge in [-0.25, -0.2) is 4.98 Å². The highest BCUT2D eigenvalue weighted by molar-refractivity contribution is 5.92. The van der Waals surface area contributed by atoms with Gasteiger partial charge in [0.2, 0.25) is 0 Å². The van der Waals surface area contributed by atoms with Crippen LogP contribution in [-0.2, 0) is 6.61 Å². The summed E-state index contributed by atoms with van der Waals surface area (Å²) in [6.45, 7) is 0.940. The molecule has 2 unspecified atom stereocenters. The fraction of sp³-hybridized carbons (Fsp3) is 0.360. The molecule has 1 amide bonds. The van der Waals surface area contributed by atoms with Gasteiger partial charge in [0.25, 0.3) is 5.91 Å². The van der Waals surface area contributed by atoms with Crippen molar-refractivity contribution in [3.63, 3.8) is 0 Å². The summed E-state index contributed by atoms with van der Waals surface area (Å²) in [5.41, 5.74) is 2.43. The second kappa shape index (κ2) is 6.73. The number of nitrogens with one attached hydrogen (secondary N) is 2. The minimum Gasteiger partial charge on any atom is -0.485 e. The van der Waals surface area contributed by atoms with Crippen molar-refractivity contribution in [1.29, 1.82) is 0 Å². The first-order valence-electron chi connectivity index (χ1n) is 10.9. The summed E-state index contributed by atoms with van der Waals surface area (Å²) >= 11 is 0. The Morgan fingerprint density at radius 2 is 2.03 bits per heavy atom. The van der Waals surface area contributed by atoms with Gasteiger partial charge in [0.1, 0.15) is 23.9 Å². The van der Waals surface area contributed by atoms with E-state index in [0.717, 1.165) is 22.4 Å².